The van der Waals surface area contributed by atoms with Crippen LogP contribution in [0.5, 0.6) is 0 Å². The molecule has 2 rings (SSSR count). The van der Waals surface area contributed by atoms with Crippen molar-refractivity contribution in [2.45, 2.75) is 37.4 Å². The lowest BCUT2D eigenvalue weighted by molar-refractivity contribution is 0.00744. The lowest BCUT2D eigenvalue weighted by Gasteiger charge is -2.29. The number of cyclic esters (lactones) is 1. The molecule has 0 aromatic heterocycles. The number of carbonyl (C=O) groups excluding carboxylic acids is 1. The Bertz CT molecular complexity index is 264. The fourth-order valence-electron chi connectivity index (χ4n) is 2.64. The summed E-state index contributed by atoms with van der Waals surface area (Å²) >= 11 is 0. The largest absolute Gasteiger partial charge is 0.443 e. The molecule has 1 aliphatic carbocycles. The highest BCUT2D eigenvalue weighted by atomic mass is 16.6. The van der Waals surface area contributed by atoms with Gasteiger partial charge < -0.3 is 15.2 Å². The summed E-state index contributed by atoms with van der Waals surface area (Å²) in [7, 11) is 1.96. The van der Waals surface area contributed by atoms with Gasteiger partial charge in [-0.1, -0.05) is 12.8 Å². The molecule has 0 spiro atoms. The molecule has 0 aromatic rings. The molecule has 2 fully saturated rings. The Labute approximate surface area is 95.8 Å². The minimum atomic E-state index is -0.523. The zero-order valence-corrected chi connectivity index (χ0v) is 9.74. The Kier molecular flexibility index (Phi) is 3.35. The van der Waals surface area contributed by atoms with Gasteiger partial charge >= 0.3 is 6.09 Å². The number of aliphatic hydroxyl groups is 1. The molecule has 1 amide bonds. The van der Waals surface area contributed by atoms with Gasteiger partial charge in [-0.2, -0.15) is 0 Å². The van der Waals surface area contributed by atoms with Gasteiger partial charge in [-0.25, -0.2) is 4.79 Å². The fraction of sp³-hybridized carbons (Fsp3) is 0.909. The molecule has 1 unspecified atom stereocenters. The average Bonchev–Trinajstić information content (AvgIpc) is 2.75. The van der Waals surface area contributed by atoms with E-state index in [2.05, 4.69) is 10.2 Å². The van der Waals surface area contributed by atoms with Crippen molar-refractivity contribution < 1.29 is 14.6 Å². The van der Waals surface area contributed by atoms with Crippen molar-refractivity contribution in [3.63, 3.8) is 0 Å². The second kappa shape index (κ2) is 4.59. The summed E-state index contributed by atoms with van der Waals surface area (Å²) in [6.45, 7) is 1.92. The predicted molar refractivity (Wildman–Crippen MR) is 59.2 cm³/mol. The molecule has 2 N–H and O–H groups in total. The number of nitrogens with zero attached hydrogens (tertiary/aromatic N) is 1. The van der Waals surface area contributed by atoms with Gasteiger partial charge in [0.05, 0.1) is 12.1 Å². The van der Waals surface area contributed by atoms with Gasteiger partial charge in [-0.15, -0.1) is 0 Å². The van der Waals surface area contributed by atoms with Crippen LogP contribution >= 0.6 is 0 Å². The van der Waals surface area contributed by atoms with Crippen LogP contribution in [0.15, 0.2) is 0 Å². The summed E-state index contributed by atoms with van der Waals surface area (Å²) < 4.78 is 5.06. The van der Waals surface area contributed by atoms with Gasteiger partial charge in [0.1, 0.15) is 6.10 Å². The molecule has 5 nitrogen and oxygen atoms in total. The van der Waals surface area contributed by atoms with Gasteiger partial charge in [0.2, 0.25) is 0 Å². The number of ether oxygens (including phenoxy) is 1. The van der Waals surface area contributed by atoms with E-state index in [1.807, 2.05) is 7.05 Å². The van der Waals surface area contributed by atoms with E-state index in [0.717, 1.165) is 25.7 Å². The SMILES string of the molecule is CN(CC1CNC(=O)O1)CC1(O)CCCC1. The number of nitrogens with one attached hydrogen (secondary N) is 1. The van der Waals surface area contributed by atoms with E-state index >= 15 is 0 Å². The van der Waals surface area contributed by atoms with Crippen LogP contribution in [-0.2, 0) is 4.74 Å². The number of likely N-dealkylation sites (N-methyl/N-ethyl adjacent to an activating group) is 1. The summed E-state index contributed by atoms with van der Waals surface area (Å²) in [5.41, 5.74) is -0.523. The molecule has 2 aliphatic rings. The number of hydrogen-bond donors (Lipinski definition) is 2. The van der Waals surface area contributed by atoms with Crippen LogP contribution in [0.3, 0.4) is 0 Å². The highest BCUT2D eigenvalue weighted by Crippen LogP contribution is 2.29. The van der Waals surface area contributed by atoms with E-state index < -0.39 is 5.60 Å². The Hall–Kier alpha value is -0.810. The average molecular weight is 228 g/mol. The first kappa shape index (κ1) is 11.7. The molecule has 1 saturated heterocycles. The van der Waals surface area contributed by atoms with Crippen molar-refractivity contribution in [1.82, 2.24) is 10.2 Å². The first-order valence-electron chi connectivity index (χ1n) is 5.93. The van der Waals surface area contributed by atoms with Crippen LogP contribution in [0.1, 0.15) is 25.7 Å². The van der Waals surface area contributed by atoms with Crippen molar-refractivity contribution >= 4 is 6.09 Å². The summed E-state index contributed by atoms with van der Waals surface area (Å²) in [4.78, 5) is 12.9. The van der Waals surface area contributed by atoms with Gasteiger partial charge in [0.25, 0.3) is 0 Å². The molecule has 1 heterocycles. The highest BCUT2D eigenvalue weighted by Gasteiger charge is 2.33. The molecule has 1 atom stereocenters. The topological polar surface area (TPSA) is 61.8 Å². The second-order valence-electron chi connectivity index (χ2n) is 5.04. The van der Waals surface area contributed by atoms with E-state index in [4.69, 9.17) is 4.74 Å². The van der Waals surface area contributed by atoms with Crippen LogP contribution in [0, 0.1) is 0 Å². The van der Waals surface area contributed by atoms with Crippen molar-refractivity contribution in [3.8, 4) is 0 Å². The quantitative estimate of drug-likeness (QED) is 0.728. The molecule has 16 heavy (non-hydrogen) atoms. The molecule has 1 saturated carbocycles. The molecule has 92 valence electrons. The third kappa shape index (κ3) is 2.86. The van der Waals surface area contributed by atoms with E-state index in [1.54, 1.807) is 0 Å². The second-order valence-corrected chi connectivity index (χ2v) is 5.04. The lowest BCUT2D eigenvalue weighted by Crippen LogP contribution is -2.42. The Morgan fingerprint density at radius 1 is 1.56 bits per heavy atom. The molecular formula is C11H20N2O3. The summed E-state index contributed by atoms with van der Waals surface area (Å²) in [5, 5.41) is 12.9. The standard InChI is InChI=1S/C11H20N2O3/c1-13(7-9-6-12-10(14)16-9)8-11(15)4-2-3-5-11/h9,15H,2-8H2,1H3,(H,12,14). The van der Waals surface area contributed by atoms with Crippen LogP contribution in [-0.4, -0.2) is 54.5 Å². The van der Waals surface area contributed by atoms with Crippen LogP contribution in [0.4, 0.5) is 4.79 Å². The van der Waals surface area contributed by atoms with Crippen LogP contribution < -0.4 is 5.32 Å². The summed E-state index contributed by atoms with van der Waals surface area (Å²) in [6.07, 6.45) is 3.59. The maximum absolute atomic E-state index is 10.8. The number of rotatable bonds is 4. The molecule has 1 aliphatic heterocycles. The monoisotopic (exact) mass is 228 g/mol. The fourth-order valence-corrected chi connectivity index (χ4v) is 2.64. The molecule has 0 aromatic carbocycles. The highest BCUT2D eigenvalue weighted by molar-refractivity contribution is 5.69. The maximum atomic E-state index is 10.8. The number of alkyl carbamates (subject to hydrolysis) is 1. The number of hydrogen-bond acceptors (Lipinski definition) is 4. The minimum absolute atomic E-state index is 0.0810. The Morgan fingerprint density at radius 3 is 2.81 bits per heavy atom. The first-order valence-corrected chi connectivity index (χ1v) is 5.93. The maximum Gasteiger partial charge on any atom is 0.407 e. The van der Waals surface area contributed by atoms with Gasteiger partial charge in [-0.3, -0.25) is 4.90 Å². The van der Waals surface area contributed by atoms with Gasteiger partial charge in [0.15, 0.2) is 0 Å². The zero-order chi connectivity index (χ0) is 11.6. The molecule has 0 radical (unpaired) electrons. The van der Waals surface area contributed by atoms with Crippen molar-refractivity contribution in [2.75, 3.05) is 26.7 Å². The molecule has 5 heteroatoms. The summed E-state index contributed by atoms with van der Waals surface area (Å²) in [6, 6.07) is 0. The van der Waals surface area contributed by atoms with E-state index in [0.29, 0.717) is 19.6 Å². The smallest absolute Gasteiger partial charge is 0.407 e. The van der Waals surface area contributed by atoms with E-state index in [9.17, 15) is 9.90 Å². The Morgan fingerprint density at radius 2 is 2.25 bits per heavy atom. The third-order valence-corrected chi connectivity index (χ3v) is 3.36. The summed E-state index contributed by atoms with van der Waals surface area (Å²) in [5.74, 6) is 0. The minimum Gasteiger partial charge on any atom is -0.443 e. The van der Waals surface area contributed by atoms with Crippen molar-refractivity contribution in [3.05, 3.63) is 0 Å². The number of carbonyl (C=O) groups is 1. The zero-order valence-electron chi connectivity index (χ0n) is 9.74. The van der Waals surface area contributed by atoms with E-state index in [1.165, 1.54) is 0 Å². The lowest BCUT2D eigenvalue weighted by atomic mass is 10.0. The number of amides is 1. The van der Waals surface area contributed by atoms with Crippen molar-refractivity contribution in [2.24, 2.45) is 0 Å². The van der Waals surface area contributed by atoms with E-state index in [-0.39, 0.29) is 12.2 Å². The Balaban J connectivity index is 1.75. The third-order valence-electron chi connectivity index (χ3n) is 3.36. The van der Waals surface area contributed by atoms with Crippen molar-refractivity contribution in [1.29, 1.82) is 0 Å². The first-order chi connectivity index (χ1) is 7.57. The molecular weight excluding hydrogens is 208 g/mol. The normalized spacial score (nSPS) is 28.2. The molecule has 0 bridgehead atoms. The van der Waals surface area contributed by atoms with Gasteiger partial charge in [0, 0.05) is 13.1 Å². The van der Waals surface area contributed by atoms with Crippen LogP contribution in [0.2, 0.25) is 0 Å². The predicted octanol–water partition coefficient (Wildman–Crippen LogP) is 0.332. The van der Waals surface area contributed by atoms with Gasteiger partial charge in [-0.05, 0) is 19.9 Å². The van der Waals surface area contributed by atoms with Crippen LogP contribution in [0.25, 0.3) is 0 Å².